The maximum absolute atomic E-state index is 11.5. The van der Waals surface area contributed by atoms with E-state index in [0.29, 0.717) is 19.8 Å². The van der Waals surface area contributed by atoms with Crippen molar-refractivity contribution in [1.82, 2.24) is 0 Å². The van der Waals surface area contributed by atoms with E-state index in [1.165, 1.54) is 28.4 Å². The quantitative estimate of drug-likeness (QED) is 0.0109. The smallest absolute Gasteiger partial charge is 1.00 e. The molecular weight excluding hydrogens is 1230 g/mol. The molecule has 0 spiro atoms. The summed E-state index contributed by atoms with van der Waals surface area (Å²) in [5, 5.41) is 51.0. The standard InChI is InChI=1S/2C11H20O6.2C7H12O6.C7H16O4.C7H12O4.C5H12O2.Na.H/c2*1-4-16-10(12)9(11(13)17-5-2)6-7-15-8-14-3;2*1-12-4-13-3-2-5(6(8)9)7(10)11;1-10-6-11-3-2-7(4-8)5-9;1-3-10-6(8)5-7(9)11-4-2;1-3-4-7-5-6-2;;/h2*9H,4-8H2,1-3H3;2*5H,2-4H2,1H3,(H,8,9)(H,10,11);7-9H,2-6H2,1H3;3-5H2,1-2H3;3-5H2,1-2H3;;/q;;;;;;;+1;-1. The summed E-state index contributed by atoms with van der Waals surface area (Å²) < 4.78 is 85.4. The van der Waals surface area contributed by atoms with E-state index in [4.69, 9.17) is 78.0 Å². The van der Waals surface area contributed by atoms with Gasteiger partial charge in [-0.3, -0.25) is 47.9 Å². The molecule has 0 aliphatic carbocycles. The molecule has 6 N–H and O–H groups in total. The Morgan fingerprint density at radius 3 is 0.722 bits per heavy atom. The Kier molecular flexibility index (Phi) is 90.3. The second-order valence-corrected chi connectivity index (χ2v) is 16.4. The Balaban J connectivity index is -0.000000124. The Morgan fingerprint density at radius 1 is 0.322 bits per heavy atom. The van der Waals surface area contributed by atoms with E-state index in [1.807, 2.05) is 0 Å². The number of hydrogen-bond acceptors (Lipinski definition) is 30. The summed E-state index contributed by atoms with van der Waals surface area (Å²) in [5.74, 6) is -13.5. The molecule has 0 aliphatic heterocycles. The Bertz CT molecular complexity index is 1540. The molecule has 0 aromatic carbocycles. The summed E-state index contributed by atoms with van der Waals surface area (Å²) in [6, 6.07) is 0. The van der Waals surface area contributed by atoms with Crippen LogP contribution in [-0.4, -0.2) is 266 Å². The van der Waals surface area contributed by atoms with E-state index in [2.05, 4.69) is 44.8 Å². The van der Waals surface area contributed by atoms with Gasteiger partial charge in [-0.25, -0.2) is 0 Å². The zero-order chi connectivity index (χ0) is 69.5. The molecule has 0 heterocycles. The molecule has 35 heteroatoms. The molecule has 0 bridgehead atoms. The minimum Gasteiger partial charge on any atom is -1.00 e. The third-order valence-corrected chi connectivity index (χ3v) is 9.32. The molecule has 0 aromatic rings. The van der Waals surface area contributed by atoms with Gasteiger partial charge in [0.1, 0.15) is 47.2 Å². The Hall–Kier alpha value is -4.86. The van der Waals surface area contributed by atoms with Gasteiger partial charge in [0.25, 0.3) is 0 Å². The Labute approximate surface area is 551 Å². The third-order valence-electron chi connectivity index (χ3n) is 9.32. The number of carboxylic acid groups (broad SMARTS) is 4. The number of aliphatic hydroxyl groups excluding tert-OH is 2. The number of rotatable bonds is 47. The van der Waals surface area contributed by atoms with E-state index < -0.39 is 83.4 Å². The molecule has 0 radical (unpaired) electrons. The molecule has 0 fully saturated rings. The van der Waals surface area contributed by atoms with Gasteiger partial charge in [-0.05, 0) is 80.1 Å². The number of carbonyl (C=O) groups excluding carboxylic acids is 6. The Morgan fingerprint density at radius 2 is 0.533 bits per heavy atom. The van der Waals surface area contributed by atoms with E-state index in [-0.39, 0.29) is 182 Å². The van der Waals surface area contributed by atoms with Crippen LogP contribution >= 0.6 is 0 Å². The maximum Gasteiger partial charge on any atom is 1.00 e. The summed E-state index contributed by atoms with van der Waals surface area (Å²) in [5.41, 5.74) is 0. The molecule has 530 valence electrons. The summed E-state index contributed by atoms with van der Waals surface area (Å²) in [4.78, 5) is 109. The topological polar surface area (TPSA) is 458 Å². The largest absolute Gasteiger partial charge is 1.00 e. The van der Waals surface area contributed by atoms with Crippen molar-refractivity contribution in [2.75, 3.05) is 176 Å². The van der Waals surface area contributed by atoms with Gasteiger partial charge in [0.2, 0.25) is 0 Å². The number of carbonyl (C=O) groups is 10. The third kappa shape index (κ3) is 73.9. The number of ether oxygens (including phenoxy) is 18. The van der Waals surface area contributed by atoms with Gasteiger partial charge in [-0.2, -0.15) is 0 Å². The van der Waals surface area contributed by atoms with Crippen molar-refractivity contribution in [3.8, 4) is 0 Å². The maximum atomic E-state index is 11.5. The van der Waals surface area contributed by atoms with Crippen molar-refractivity contribution in [3.05, 3.63) is 0 Å². The first-order chi connectivity index (χ1) is 42.5. The van der Waals surface area contributed by atoms with Crippen LogP contribution in [0.25, 0.3) is 0 Å². The van der Waals surface area contributed by atoms with Crippen molar-refractivity contribution >= 4 is 59.7 Å². The van der Waals surface area contributed by atoms with Crippen LogP contribution in [0.5, 0.6) is 0 Å². The minimum atomic E-state index is -1.41. The first kappa shape index (κ1) is 101. The second-order valence-electron chi connectivity index (χ2n) is 16.4. The van der Waals surface area contributed by atoms with Crippen LogP contribution in [0, 0.1) is 29.6 Å². The molecule has 0 rings (SSSR count). The van der Waals surface area contributed by atoms with Crippen LogP contribution in [0.4, 0.5) is 0 Å². The van der Waals surface area contributed by atoms with Gasteiger partial charge in [0.05, 0.1) is 66.1 Å². The van der Waals surface area contributed by atoms with Gasteiger partial charge >= 0.3 is 89.3 Å². The fourth-order valence-corrected chi connectivity index (χ4v) is 5.18. The molecular formula is C55H105NaO34. The monoisotopic (exact) mass is 1330 g/mol. The summed E-state index contributed by atoms with van der Waals surface area (Å²) in [6.45, 7) is 16.6. The van der Waals surface area contributed by atoms with Crippen molar-refractivity contribution in [2.24, 2.45) is 29.6 Å². The van der Waals surface area contributed by atoms with E-state index in [1.54, 1.807) is 55.8 Å². The van der Waals surface area contributed by atoms with E-state index in [0.717, 1.165) is 13.0 Å². The van der Waals surface area contributed by atoms with E-state index >= 15 is 0 Å². The normalized spacial score (nSPS) is 10.0. The van der Waals surface area contributed by atoms with Crippen molar-refractivity contribution in [2.45, 2.75) is 93.4 Å². The van der Waals surface area contributed by atoms with Gasteiger partial charge in [-0.15, -0.1) is 0 Å². The fraction of sp³-hybridized carbons (Fsp3) is 0.818. The van der Waals surface area contributed by atoms with Gasteiger partial charge in [0, 0.05) is 75.0 Å². The number of esters is 6. The molecule has 0 saturated heterocycles. The van der Waals surface area contributed by atoms with Gasteiger partial charge in [0.15, 0.2) is 23.7 Å². The summed E-state index contributed by atoms with van der Waals surface area (Å²) in [6.07, 6.45) is 1.76. The average molecular weight is 1330 g/mol. The van der Waals surface area contributed by atoms with Crippen molar-refractivity contribution < 1.29 is 195 Å². The van der Waals surface area contributed by atoms with Crippen molar-refractivity contribution in [1.29, 1.82) is 0 Å². The predicted molar refractivity (Wildman–Crippen MR) is 308 cm³/mol. The molecule has 0 aromatic heterocycles. The summed E-state index contributed by atoms with van der Waals surface area (Å²) in [7, 11) is 9.01. The first-order valence-corrected chi connectivity index (χ1v) is 28.0. The van der Waals surface area contributed by atoms with Gasteiger partial charge in [-0.1, -0.05) is 6.92 Å². The van der Waals surface area contributed by atoms with Crippen LogP contribution < -0.4 is 29.6 Å². The summed E-state index contributed by atoms with van der Waals surface area (Å²) >= 11 is 0. The average Bonchev–Trinajstić information content (AvgIpc) is 3.70. The van der Waals surface area contributed by atoms with Gasteiger partial charge < -0.3 is 117 Å². The van der Waals surface area contributed by atoms with E-state index in [9.17, 15) is 47.9 Å². The van der Waals surface area contributed by atoms with Crippen LogP contribution in [-0.2, 0) is 133 Å². The number of aliphatic carboxylic acids is 4. The molecule has 0 aliphatic rings. The molecule has 0 saturated carbocycles. The van der Waals surface area contributed by atoms with Crippen LogP contribution in [0.3, 0.4) is 0 Å². The van der Waals surface area contributed by atoms with Crippen LogP contribution in [0.1, 0.15) is 94.8 Å². The fourth-order valence-electron chi connectivity index (χ4n) is 5.18. The first-order valence-electron chi connectivity index (χ1n) is 28.0. The molecule has 0 amide bonds. The second kappa shape index (κ2) is 80.2. The number of aliphatic hydroxyl groups is 2. The molecule has 0 atom stereocenters. The number of hydrogen-bond donors (Lipinski definition) is 6. The SMILES string of the molecule is CCCOCOC.CCOC(=O)C(CCOCOC)C(=O)OCC.CCOC(=O)C(CCOCOC)C(=O)OCC.CCOC(=O)CC(=O)OCC.COCOCCC(C(=O)O)C(=O)O.COCOCCC(C(=O)O)C(=O)O.COCOCCC(CO)CO.[H-].[Na+]. The number of methoxy groups -OCH3 is 6. The van der Waals surface area contributed by atoms with Crippen molar-refractivity contribution in [3.63, 3.8) is 0 Å². The van der Waals surface area contributed by atoms with Crippen LogP contribution in [0.2, 0.25) is 0 Å². The van der Waals surface area contributed by atoms with Crippen LogP contribution in [0.15, 0.2) is 0 Å². The molecule has 34 nitrogen and oxygen atoms in total. The number of carboxylic acids is 4. The molecule has 90 heavy (non-hydrogen) atoms. The molecule has 0 unspecified atom stereocenters. The zero-order valence-electron chi connectivity index (χ0n) is 56.1. The minimum absolute atomic E-state index is 0. The zero-order valence-corrected chi connectivity index (χ0v) is 57.1. The predicted octanol–water partition coefficient (Wildman–Crippen LogP) is -0.723.